The van der Waals surface area contributed by atoms with Gasteiger partial charge in [-0.2, -0.15) is 0 Å². The average Bonchev–Trinajstić information content (AvgIpc) is 3.45. The van der Waals surface area contributed by atoms with Gasteiger partial charge in [0.15, 0.2) is 0 Å². The topological polar surface area (TPSA) is 97.4 Å². The molecule has 1 atom stereocenters. The molecule has 1 unspecified atom stereocenters. The minimum atomic E-state index is -4.75. The third kappa shape index (κ3) is 6.49. The van der Waals surface area contributed by atoms with Crippen LogP contribution < -0.4 is 9.47 Å². The maximum absolute atomic E-state index is 13.4. The van der Waals surface area contributed by atoms with Crippen molar-refractivity contribution >= 4 is 31.8 Å². The van der Waals surface area contributed by atoms with Gasteiger partial charge in [-0.15, -0.1) is 13.2 Å². The fourth-order valence-corrected chi connectivity index (χ4v) is 8.35. The molecular weight excluding hydrogens is 569 g/mol. The van der Waals surface area contributed by atoms with Crippen molar-refractivity contribution < 1.29 is 31.1 Å². The summed E-state index contributed by atoms with van der Waals surface area (Å²) in [7, 11) is -3.43. The first kappa shape index (κ1) is 28.7. The number of H-pyrrole nitrogens is 1. The Balaban J connectivity index is 1.03. The van der Waals surface area contributed by atoms with Gasteiger partial charge >= 0.3 is 6.36 Å². The molecule has 1 saturated heterocycles. The number of hydrogen-bond acceptors (Lipinski definition) is 6. The van der Waals surface area contributed by atoms with Gasteiger partial charge in [-0.25, -0.2) is 17.7 Å². The summed E-state index contributed by atoms with van der Waals surface area (Å²) in [6.07, 6.45) is 5.83. The molecule has 1 saturated carbocycles. The first-order valence-electron chi connectivity index (χ1n) is 14.3. The van der Waals surface area contributed by atoms with Crippen molar-refractivity contribution in [2.45, 2.75) is 50.8 Å². The van der Waals surface area contributed by atoms with E-state index in [1.807, 2.05) is 24.5 Å². The zero-order chi connectivity index (χ0) is 29.3. The molecule has 42 heavy (non-hydrogen) atoms. The largest absolute Gasteiger partial charge is 0.573 e. The van der Waals surface area contributed by atoms with Crippen molar-refractivity contribution in [1.82, 2.24) is 19.3 Å². The summed E-state index contributed by atoms with van der Waals surface area (Å²) in [5.41, 5.74) is 1.91. The number of nitrogens with one attached hydrogen (secondary N) is 1. The Morgan fingerprint density at radius 1 is 0.929 bits per heavy atom. The van der Waals surface area contributed by atoms with Gasteiger partial charge in [0.05, 0.1) is 18.1 Å². The molecule has 3 aromatic heterocycles. The average molecular weight is 603 g/mol. The first-order valence-corrected chi connectivity index (χ1v) is 15.9. The number of benzene rings is 1. The highest BCUT2D eigenvalue weighted by Crippen LogP contribution is 2.40. The van der Waals surface area contributed by atoms with Gasteiger partial charge in [-0.1, -0.05) is 0 Å². The van der Waals surface area contributed by atoms with Crippen molar-refractivity contribution in [2.24, 2.45) is 11.8 Å². The Kier molecular flexibility index (Phi) is 8.01. The summed E-state index contributed by atoms with van der Waals surface area (Å²) in [6.45, 7) is 1.17. The van der Waals surface area contributed by atoms with Crippen LogP contribution in [0.5, 0.6) is 11.5 Å². The summed E-state index contributed by atoms with van der Waals surface area (Å²) in [6, 6.07) is 9.27. The molecule has 0 bridgehead atoms. The van der Waals surface area contributed by atoms with Gasteiger partial charge in [0, 0.05) is 59.7 Å². The lowest BCUT2D eigenvalue weighted by Crippen LogP contribution is -2.43. The molecule has 2 aliphatic rings. The first-order chi connectivity index (χ1) is 20.1. The van der Waals surface area contributed by atoms with E-state index in [9.17, 15) is 21.6 Å². The zero-order valence-corrected chi connectivity index (χ0v) is 23.8. The molecular formula is C30H33F3N4O4S. The van der Waals surface area contributed by atoms with Gasteiger partial charge in [0.25, 0.3) is 0 Å². The summed E-state index contributed by atoms with van der Waals surface area (Å²) in [5, 5.41) is 3.25. The van der Waals surface area contributed by atoms with E-state index in [1.165, 1.54) is 24.3 Å². The van der Waals surface area contributed by atoms with Crippen LogP contribution >= 0.6 is 0 Å². The lowest BCUT2D eigenvalue weighted by atomic mass is 9.80. The van der Waals surface area contributed by atoms with Crippen LogP contribution in [0.25, 0.3) is 21.8 Å². The highest BCUT2D eigenvalue weighted by molar-refractivity contribution is 7.89. The summed E-state index contributed by atoms with van der Waals surface area (Å²) in [4.78, 5) is 12.5. The van der Waals surface area contributed by atoms with Gasteiger partial charge in [0.2, 0.25) is 10.0 Å². The highest BCUT2D eigenvalue weighted by atomic mass is 32.2. The molecule has 224 valence electrons. The van der Waals surface area contributed by atoms with E-state index in [0.717, 1.165) is 66.0 Å². The lowest BCUT2D eigenvalue weighted by Gasteiger charge is -2.34. The van der Waals surface area contributed by atoms with Crippen molar-refractivity contribution in [3.63, 3.8) is 0 Å². The molecule has 8 nitrogen and oxygen atoms in total. The molecule has 4 aromatic rings. The normalized spacial score (nSPS) is 22.4. The monoisotopic (exact) mass is 602 g/mol. The SMILES string of the molecule is O=S(=O)(CC1CCC(c2nc3[nH]ccc3c3cnccc23)CC1)N1CCCC(COc2ccc(OC(F)(F)F)cc2)C1. The number of aromatic nitrogens is 3. The lowest BCUT2D eigenvalue weighted by molar-refractivity contribution is -0.274. The number of nitrogens with zero attached hydrogens (tertiary/aromatic N) is 3. The summed E-state index contributed by atoms with van der Waals surface area (Å²) < 4.78 is 75.2. The predicted octanol–water partition coefficient (Wildman–Crippen LogP) is 6.40. The Bertz CT molecular complexity index is 1630. The molecule has 1 aliphatic carbocycles. The number of ether oxygens (including phenoxy) is 2. The third-order valence-corrected chi connectivity index (χ3v) is 10.5. The van der Waals surface area contributed by atoms with Crippen LogP contribution in [0.1, 0.15) is 50.1 Å². The molecule has 0 radical (unpaired) electrons. The van der Waals surface area contributed by atoms with Crippen LogP contribution in [0.4, 0.5) is 13.2 Å². The van der Waals surface area contributed by atoms with E-state index >= 15 is 0 Å². The molecule has 1 aliphatic heterocycles. The van der Waals surface area contributed by atoms with Gasteiger partial charge in [-0.05, 0) is 80.8 Å². The second-order valence-corrected chi connectivity index (χ2v) is 13.4. The molecule has 1 N–H and O–H groups in total. The van der Waals surface area contributed by atoms with Crippen LogP contribution in [-0.4, -0.2) is 59.5 Å². The molecule has 2 fully saturated rings. The van der Waals surface area contributed by atoms with E-state index in [4.69, 9.17) is 9.72 Å². The van der Waals surface area contributed by atoms with Gasteiger partial charge in [-0.3, -0.25) is 4.98 Å². The van der Waals surface area contributed by atoms with Crippen molar-refractivity contribution in [3.05, 3.63) is 60.7 Å². The number of aromatic amines is 1. The molecule has 1 aromatic carbocycles. The Morgan fingerprint density at radius 3 is 2.45 bits per heavy atom. The number of pyridine rings is 2. The zero-order valence-electron chi connectivity index (χ0n) is 23.0. The Labute approximate surface area is 242 Å². The molecule has 0 spiro atoms. The van der Waals surface area contributed by atoms with Crippen LogP contribution in [0.15, 0.2) is 55.0 Å². The van der Waals surface area contributed by atoms with E-state index in [-0.39, 0.29) is 35.9 Å². The van der Waals surface area contributed by atoms with Crippen molar-refractivity contribution in [3.8, 4) is 11.5 Å². The van der Waals surface area contributed by atoms with Crippen LogP contribution in [0.3, 0.4) is 0 Å². The standard InChI is InChI=1S/C30H33F3N4O4S/c31-30(32,33)41-24-9-7-23(8-10-24)40-18-21-2-1-15-37(17-21)42(38,39)19-20-3-5-22(6-4-20)28-25-11-13-34-16-27(25)26-12-14-35-29(26)36-28/h7-14,16,20-22H,1-6,15,17-19H2,(H,35,36). The van der Waals surface area contributed by atoms with E-state index in [0.29, 0.717) is 18.8 Å². The molecule has 4 heterocycles. The fourth-order valence-electron chi connectivity index (χ4n) is 6.37. The molecule has 0 amide bonds. The quantitative estimate of drug-likeness (QED) is 0.251. The minimum Gasteiger partial charge on any atom is -0.493 e. The van der Waals surface area contributed by atoms with E-state index < -0.39 is 16.4 Å². The van der Waals surface area contributed by atoms with E-state index in [1.54, 1.807) is 10.5 Å². The second-order valence-electron chi connectivity index (χ2n) is 11.4. The third-order valence-electron chi connectivity index (χ3n) is 8.44. The van der Waals surface area contributed by atoms with E-state index in [2.05, 4.69) is 14.7 Å². The number of piperidine rings is 1. The number of halogens is 3. The molecule has 6 rings (SSSR count). The fraction of sp³-hybridized carbons (Fsp3) is 0.467. The van der Waals surface area contributed by atoms with Crippen LogP contribution in [-0.2, 0) is 10.0 Å². The Hall–Kier alpha value is -3.38. The second kappa shape index (κ2) is 11.7. The maximum Gasteiger partial charge on any atom is 0.573 e. The number of rotatable bonds is 8. The van der Waals surface area contributed by atoms with Gasteiger partial charge < -0.3 is 14.5 Å². The smallest absolute Gasteiger partial charge is 0.493 e. The molecule has 12 heteroatoms. The summed E-state index contributed by atoms with van der Waals surface area (Å²) >= 11 is 0. The highest BCUT2D eigenvalue weighted by Gasteiger charge is 2.34. The van der Waals surface area contributed by atoms with Crippen molar-refractivity contribution in [1.29, 1.82) is 0 Å². The van der Waals surface area contributed by atoms with Crippen LogP contribution in [0, 0.1) is 11.8 Å². The minimum absolute atomic E-state index is 0.00659. The number of sulfonamides is 1. The number of fused-ring (bicyclic) bond motifs is 3. The number of alkyl halides is 3. The predicted molar refractivity (Wildman–Crippen MR) is 153 cm³/mol. The number of hydrogen-bond donors (Lipinski definition) is 1. The Morgan fingerprint density at radius 2 is 1.69 bits per heavy atom. The van der Waals surface area contributed by atoms with Gasteiger partial charge in [0.1, 0.15) is 17.1 Å². The maximum atomic E-state index is 13.4. The van der Waals surface area contributed by atoms with Crippen molar-refractivity contribution in [2.75, 3.05) is 25.4 Å². The van der Waals surface area contributed by atoms with Crippen LogP contribution in [0.2, 0.25) is 0 Å². The summed E-state index contributed by atoms with van der Waals surface area (Å²) in [5.74, 6) is 0.612.